The van der Waals surface area contributed by atoms with Gasteiger partial charge in [-0.1, -0.05) is 0 Å². The van der Waals surface area contributed by atoms with Crippen LogP contribution in [0.5, 0.6) is 0 Å². The van der Waals surface area contributed by atoms with Crippen molar-refractivity contribution in [2.45, 2.75) is 31.8 Å². The molecule has 1 heterocycles. The number of hydrogen-bond donors (Lipinski definition) is 1. The van der Waals surface area contributed by atoms with Gasteiger partial charge in [-0.15, -0.1) is 11.6 Å². The Bertz CT molecular complexity index is 263. The highest BCUT2D eigenvalue weighted by atomic mass is 35.5. The molecule has 0 saturated carbocycles. The van der Waals surface area contributed by atoms with Crippen LogP contribution in [-0.2, 0) is 14.8 Å². The summed E-state index contributed by atoms with van der Waals surface area (Å²) in [6.07, 6.45) is 3.63. The lowest BCUT2D eigenvalue weighted by Crippen LogP contribution is -2.29. The molecule has 1 unspecified atom stereocenters. The molecule has 0 aromatic rings. The first-order chi connectivity index (χ1) is 7.14. The SMILES string of the molecule is O=S(=O)(CCCCl)NCCC1CCCO1. The van der Waals surface area contributed by atoms with E-state index in [2.05, 4.69) is 4.72 Å². The fourth-order valence-electron chi connectivity index (χ4n) is 1.56. The first-order valence-corrected chi connectivity index (χ1v) is 7.47. The van der Waals surface area contributed by atoms with E-state index in [1.807, 2.05) is 0 Å². The van der Waals surface area contributed by atoms with E-state index in [0.29, 0.717) is 18.8 Å². The summed E-state index contributed by atoms with van der Waals surface area (Å²) in [7, 11) is -3.13. The maximum atomic E-state index is 11.4. The largest absolute Gasteiger partial charge is 0.378 e. The quantitative estimate of drug-likeness (QED) is 0.694. The van der Waals surface area contributed by atoms with Crippen LogP contribution in [0.4, 0.5) is 0 Å². The van der Waals surface area contributed by atoms with Gasteiger partial charge in [0.15, 0.2) is 0 Å². The second-order valence-electron chi connectivity index (χ2n) is 3.68. The minimum Gasteiger partial charge on any atom is -0.378 e. The Balaban J connectivity index is 2.12. The first-order valence-electron chi connectivity index (χ1n) is 5.29. The van der Waals surface area contributed by atoms with Gasteiger partial charge >= 0.3 is 0 Å². The molecule has 6 heteroatoms. The lowest BCUT2D eigenvalue weighted by Gasteiger charge is -2.10. The van der Waals surface area contributed by atoms with Crippen LogP contribution in [0.3, 0.4) is 0 Å². The van der Waals surface area contributed by atoms with E-state index in [9.17, 15) is 8.42 Å². The molecule has 0 radical (unpaired) electrons. The Hall–Kier alpha value is 0.160. The van der Waals surface area contributed by atoms with E-state index in [0.717, 1.165) is 25.9 Å². The summed E-state index contributed by atoms with van der Waals surface area (Å²) in [5.74, 6) is 0.495. The van der Waals surface area contributed by atoms with Crippen LogP contribution in [0.2, 0.25) is 0 Å². The highest BCUT2D eigenvalue weighted by Gasteiger charge is 2.16. The van der Waals surface area contributed by atoms with Crippen molar-refractivity contribution in [3.05, 3.63) is 0 Å². The lowest BCUT2D eigenvalue weighted by atomic mass is 10.2. The van der Waals surface area contributed by atoms with E-state index in [1.54, 1.807) is 0 Å². The van der Waals surface area contributed by atoms with Crippen LogP contribution in [0.25, 0.3) is 0 Å². The Morgan fingerprint density at radius 3 is 2.87 bits per heavy atom. The molecule has 0 amide bonds. The molecular weight excluding hydrogens is 238 g/mol. The highest BCUT2D eigenvalue weighted by Crippen LogP contribution is 2.14. The molecule has 0 spiro atoms. The summed E-state index contributed by atoms with van der Waals surface area (Å²) in [4.78, 5) is 0. The summed E-state index contributed by atoms with van der Waals surface area (Å²) in [5.41, 5.74) is 0. The molecule has 0 bridgehead atoms. The van der Waals surface area contributed by atoms with Gasteiger partial charge in [0.1, 0.15) is 0 Å². The van der Waals surface area contributed by atoms with Crippen molar-refractivity contribution < 1.29 is 13.2 Å². The molecule has 1 aliphatic rings. The van der Waals surface area contributed by atoms with Crippen molar-refractivity contribution in [3.63, 3.8) is 0 Å². The topological polar surface area (TPSA) is 55.4 Å². The summed E-state index contributed by atoms with van der Waals surface area (Å²) in [6, 6.07) is 0. The molecule has 1 rings (SSSR count). The number of alkyl halides is 1. The van der Waals surface area contributed by atoms with Crippen LogP contribution in [0.15, 0.2) is 0 Å². The second kappa shape index (κ2) is 6.68. The molecule has 1 N–H and O–H groups in total. The number of nitrogens with one attached hydrogen (secondary N) is 1. The Morgan fingerprint density at radius 1 is 1.47 bits per heavy atom. The number of ether oxygens (including phenoxy) is 1. The number of rotatable bonds is 7. The Morgan fingerprint density at radius 2 is 2.27 bits per heavy atom. The fourth-order valence-corrected chi connectivity index (χ4v) is 2.95. The normalized spacial score (nSPS) is 22.1. The zero-order chi connectivity index (χ0) is 11.1. The van der Waals surface area contributed by atoms with Crippen LogP contribution >= 0.6 is 11.6 Å². The van der Waals surface area contributed by atoms with Crippen LogP contribution in [0, 0.1) is 0 Å². The van der Waals surface area contributed by atoms with Gasteiger partial charge < -0.3 is 4.74 Å². The summed E-state index contributed by atoms with van der Waals surface area (Å²) >= 11 is 5.43. The molecule has 1 saturated heterocycles. The molecule has 4 nitrogen and oxygen atoms in total. The monoisotopic (exact) mass is 255 g/mol. The van der Waals surface area contributed by atoms with E-state index in [1.165, 1.54) is 0 Å². The van der Waals surface area contributed by atoms with E-state index in [-0.39, 0.29) is 11.9 Å². The van der Waals surface area contributed by atoms with Crippen LogP contribution < -0.4 is 4.72 Å². The number of hydrogen-bond acceptors (Lipinski definition) is 3. The molecule has 1 fully saturated rings. The highest BCUT2D eigenvalue weighted by molar-refractivity contribution is 7.89. The zero-order valence-electron chi connectivity index (χ0n) is 8.75. The average Bonchev–Trinajstić information content (AvgIpc) is 2.67. The third-order valence-corrected chi connectivity index (χ3v) is 4.10. The molecule has 0 aromatic heterocycles. The third kappa shape index (κ3) is 5.70. The predicted molar refractivity (Wildman–Crippen MR) is 60.7 cm³/mol. The third-order valence-electron chi connectivity index (χ3n) is 2.36. The van der Waals surface area contributed by atoms with Gasteiger partial charge in [0.25, 0.3) is 0 Å². The molecule has 0 aliphatic carbocycles. The Labute approximate surface area is 96.4 Å². The molecular formula is C9H18ClNO3S. The van der Waals surface area contributed by atoms with Crippen LogP contribution in [-0.4, -0.2) is 39.3 Å². The van der Waals surface area contributed by atoms with Gasteiger partial charge in [0.2, 0.25) is 10.0 Å². The lowest BCUT2D eigenvalue weighted by molar-refractivity contribution is 0.105. The molecule has 15 heavy (non-hydrogen) atoms. The van der Waals surface area contributed by atoms with Gasteiger partial charge in [-0.3, -0.25) is 0 Å². The van der Waals surface area contributed by atoms with Gasteiger partial charge in [-0.2, -0.15) is 0 Å². The van der Waals surface area contributed by atoms with Gasteiger partial charge in [0.05, 0.1) is 11.9 Å². The minimum absolute atomic E-state index is 0.113. The van der Waals surface area contributed by atoms with E-state index >= 15 is 0 Å². The Kier molecular flexibility index (Phi) is 5.89. The van der Waals surface area contributed by atoms with Gasteiger partial charge in [-0.25, -0.2) is 13.1 Å². The number of sulfonamides is 1. The van der Waals surface area contributed by atoms with Crippen molar-refractivity contribution in [2.75, 3.05) is 24.8 Å². The zero-order valence-corrected chi connectivity index (χ0v) is 10.3. The van der Waals surface area contributed by atoms with Crippen molar-refractivity contribution in [1.82, 2.24) is 4.72 Å². The second-order valence-corrected chi connectivity index (χ2v) is 5.98. The molecule has 90 valence electrons. The predicted octanol–water partition coefficient (Wildman–Crippen LogP) is 1.10. The van der Waals surface area contributed by atoms with Crippen molar-refractivity contribution in [3.8, 4) is 0 Å². The van der Waals surface area contributed by atoms with Crippen molar-refractivity contribution in [2.24, 2.45) is 0 Å². The fraction of sp³-hybridized carbons (Fsp3) is 1.00. The van der Waals surface area contributed by atoms with E-state index < -0.39 is 10.0 Å². The maximum absolute atomic E-state index is 11.4. The van der Waals surface area contributed by atoms with Crippen molar-refractivity contribution in [1.29, 1.82) is 0 Å². The molecule has 0 aromatic carbocycles. The van der Waals surface area contributed by atoms with Crippen molar-refractivity contribution >= 4 is 21.6 Å². The van der Waals surface area contributed by atoms with Crippen LogP contribution in [0.1, 0.15) is 25.7 Å². The number of halogens is 1. The van der Waals surface area contributed by atoms with Gasteiger partial charge in [0, 0.05) is 19.0 Å². The first kappa shape index (κ1) is 13.2. The summed E-state index contributed by atoms with van der Waals surface area (Å²) in [6.45, 7) is 1.28. The molecule has 1 aliphatic heterocycles. The summed E-state index contributed by atoms with van der Waals surface area (Å²) in [5, 5.41) is 0. The molecule has 1 atom stereocenters. The minimum atomic E-state index is -3.13. The smallest absolute Gasteiger partial charge is 0.211 e. The van der Waals surface area contributed by atoms with E-state index in [4.69, 9.17) is 16.3 Å². The standard InChI is InChI=1S/C9H18ClNO3S/c10-5-2-8-15(12,13)11-6-4-9-3-1-7-14-9/h9,11H,1-8H2. The van der Waals surface area contributed by atoms with Gasteiger partial charge in [-0.05, 0) is 25.7 Å². The maximum Gasteiger partial charge on any atom is 0.211 e. The average molecular weight is 256 g/mol. The summed E-state index contributed by atoms with van der Waals surface area (Å²) < 4.78 is 30.7.